The van der Waals surface area contributed by atoms with Gasteiger partial charge in [-0.05, 0) is 25.7 Å². The molecule has 2 N–H and O–H groups in total. The van der Waals surface area contributed by atoms with E-state index >= 15 is 0 Å². The maximum absolute atomic E-state index is 11.9. The third-order valence-electron chi connectivity index (χ3n) is 4.01. The quantitative estimate of drug-likeness (QED) is 0.845. The summed E-state index contributed by atoms with van der Waals surface area (Å²) in [4.78, 5) is 13.8. The Bertz CT molecular complexity index is 416. The Hall–Kier alpha value is -1.52. The number of anilines is 1. The van der Waals surface area contributed by atoms with Gasteiger partial charge in [-0.15, -0.1) is 0 Å². The van der Waals surface area contributed by atoms with Gasteiger partial charge in [-0.2, -0.15) is 5.10 Å². The second kappa shape index (κ2) is 5.00. The average molecular weight is 248 g/mol. The van der Waals surface area contributed by atoms with E-state index in [0.29, 0.717) is 5.92 Å². The van der Waals surface area contributed by atoms with Crippen molar-refractivity contribution in [3.63, 3.8) is 0 Å². The van der Waals surface area contributed by atoms with Crippen LogP contribution in [0.25, 0.3) is 0 Å². The molecule has 5 heteroatoms. The van der Waals surface area contributed by atoms with E-state index in [1.807, 2.05) is 11.0 Å². The normalized spacial score (nSPS) is 20.6. The van der Waals surface area contributed by atoms with Crippen molar-refractivity contribution in [2.24, 2.45) is 0 Å². The molecule has 2 amide bonds. The lowest BCUT2D eigenvalue weighted by atomic mass is 10.0. The minimum absolute atomic E-state index is 0.00544. The van der Waals surface area contributed by atoms with Crippen LogP contribution >= 0.6 is 0 Å². The summed E-state index contributed by atoms with van der Waals surface area (Å²) in [6.45, 7) is 1.74. The second-order valence-corrected chi connectivity index (χ2v) is 5.31. The largest absolute Gasteiger partial charge is 0.324 e. The van der Waals surface area contributed by atoms with Crippen LogP contribution in [0.3, 0.4) is 0 Å². The number of carbonyl (C=O) groups is 1. The van der Waals surface area contributed by atoms with Crippen LogP contribution in [0.1, 0.15) is 50.1 Å². The number of nitrogens with zero attached hydrogens (tertiary/aromatic N) is 2. The number of hydrogen-bond acceptors (Lipinski definition) is 2. The van der Waals surface area contributed by atoms with Crippen molar-refractivity contribution in [2.45, 2.75) is 44.4 Å². The van der Waals surface area contributed by atoms with E-state index < -0.39 is 0 Å². The Morgan fingerprint density at radius 1 is 1.28 bits per heavy atom. The molecule has 3 rings (SSSR count). The molecule has 18 heavy (non-hydrogen) atoms. The molecule has 2 fully saturated rings. The van der Waals surface area contributed by atoms with Crippen LogP contribution in [0.15, 0.2) is 6.07 Å². The predicted octanol–water partition coefficient (Wildman–Crippen LogP) is 2.70. The van der Waals surface area contributed by atoms with Gasteiger partial charge in [-0.25, -0.2) is 4.79 Å². The van der Waals surface area contributed by atoms with E-state index in [2.05, 4.69) is 15.5 Å². The van der Waals surface area contributed by atoms with E-state index in [1.165, 1.54) is 25.7 Å². The Morgan fingerprint density at radius 2 is 2.00 bits per heavy atom. The molecule has 1 saturated carbocycles. The third-order valence-corrected chi connectivity index (χ3v) is 4.01. The molecule has 1 aliphatic heterocycles. The molecule has 1 aromatic rings. The van der Waals surface area contributed by atoms with Crippen LogP contribution in [-0.2, 0) is 0 Å². The highest BCUT2D eigenvalue weighted by Gasteiger charge is 2.21. The van der Waals surface area contributed by atoms with E-state index in [-0.39, 0.29) is 6.03 Å². The molecular weight excluding hydrogens is 228 g/mol. The number of likely N-dealkylation sites (tertiary alicyclic amines) is 1. The first-order valence-electron chi connectivity index (χ1n) is 6.94. The van der Waals surface area contributed by atoms with Gasteiger partial charge in [0.2, 0.25) is 0 Å². The van der Waals surface area contributed by atoms with Crippen molar-refractivity contribution in [2.75, 3.05) is 18.4 Å². The van der Waals surface area contributed by atoms with Gasteiger partial charge in [0.25, 0.3) is 0 Å². The zero-order chi connectivity index (χ0) is 12.4. The maximum atomic E-state index is 11.9. The van der Waals surface area contributed by atoms with Crippen molar-refractivity contribution in [1.29, 1.82) is 0 Å². The smallest absolute Gasteiger partial charge is 0.322 e. The number of aromatic nitrogens is 2. The summed E-state index contributed by atoms with van der Waals surface area (Å²) in [6, 6.07) is 1.98. The number of amides is 2. The lowest BCUT2D eigenvalue weighted by molar-refractivity contribution is 0.222. The number of carbonyl (C=O) groups excluding carboxylic acids is 1. The number of urea groups is 1. The topological polar surface area (TPSA) is 61.0 Å². The van der Waals surface area contributed by atoms with E-state index in [1.54, 1.807) is 0 Å². The molecule has 0 bridgehead atoms. The number of aromatic amines is 1. The SMILES string of the molecule is O=C(Nc1cc(C2CCCC2)n[nH]1)N1CCCC1. The summed E-state index contributed by atoms with van der Waals surface area (Å²) in [5.41, 5.74) is 1.10. The third kappa shape index (κ3) is 2.35. The summed E-state index contributed by atoms with van der Waals surface area (Å²) in [7, 11) is 0. The zero-order valence-electron chi connectivity index (χ0n) is 10.6. The molecule has 0 unspecified atom stereocenters. The Kier molecular flexibility index (Phi) is 3.21. The molecule has 0 aromatic carbocycles. The highest BCUT2D eigenvalue weighted by atomic mass is 16.2. The lowest BCUT2D eigenvalue weighted by Gasteiger charge is -2.14. The molecule has 2 aliphatic rings. The standard InChI is InChI=1S/C13H20N4O/c18-13(17-7-3-4-8-17)14-12-9-11(15-16-12)10-5-1-2-6-10/h9-10H,1-8H2,(H2,14,15,16,18). The number of H-pyrrole nitrogens is 1. The molecule has 1 aliphatic carbocycles. The van der Waals surface area contributed by atoms with Crippen LogP contribution in [0.5, 0.6) is 0 Å². The van der Waals surface area contributed by atoms with Gasteiger partial charge < -0.3 is 4.90 Å². The molecule has 1 aromatic heterocycles. The van der Waals surface area contributed by atoms with Gasteiger partial charge in [0.05, 0.1) is 5.69 Å². The van der Waals surface area contributed by atoms with Crippen molar-refractivity contribution in [1.82, 2.24) is 15.1 Å². The molecular formula is C13H20N4O. The van der Waals surface area contributed by atoms with Gasteiger partial charge >= 0.3 is 6.03 Å². The molecule has 0 spiro atoms. The zero-order valence-corrected chi connectivity index (χ0v) is 10.6. The first-order chi connectivity index (χ1) is 8.83. The highest BCUT2D eigenvalue weighted by Crippen LogP contribution is 2.33. The van der Waals surface area contributed by atoms with Crippen LogP contribution in [0.4, 0.5) is 10.6 Å². The molecule has 0 radical (unpaired) electrons. The predicted molar refractivity (Wildman–Crippen MR) is 69.6 cm³/mol. The molecule has 2 heterocycles. The number of rotatable bonds is 2. The fourth-order valence-corrected chi connectivity index (χ4v) is 2.95. The fourth-order valence-electron chi connectivity index (χ4n) is 2.95. The monoisotopic (exact) mass is 248 g/mol. The van der Waals surface area contributed by atoms with Gasteiger partial charge in [-0.1, -0.05) is 12.8 Å². The molecule has 5 nitrogen and oxygen atoms in total. The summed E-state index contributed by atoms with van der Waals surface area (Å²) >= 11 is 0. The first kappa shape index (κ1) is 11.6. The lowest BCUT2D eigenvalue weighted by Crippen LogP contribution is -2.32. The second-order valence-electron chi connectivity index (χ2n) is 5.31. The number of hydrogen-bond donors (Lipinski definition) is 2. The van der Waals surface area contributed by atoms with Crippen LogP contribution in [0.2, 0.25) is 0 Å². The summed E-state index contributed by atoms with van der Waals surface area (Å²) in [5, 5.41) is 10.1. The molecule has 98 valence electrons. The van der Waals surface area contributed by atoms with Crippen LogP contribution in [0, 0.1) is 0 Å². The van der Waals surface area contributed by atoms with E-state index in [4.69, 9.17) is 0 Å². The van der Waals surface area contributed by atoms with Gasteiger partial charge in [0.1, 0.15) is 5.82 Å². The van der Waals surface area contributed by atoms with Crippen molar-refractivity contribution >= 4 is 11.8 Å². The Balaban J connectivity index is 1.60. The summed E-state index contributed by atoms with van der Waals surface area (Å²) in [5.74, 6) is 1.31. The van der Waals surface area contributed by atoms with Crippen molar-refractivity contribution in [3.05, 3.63) is 11.8 Å². The van der Waals surface area contributed by atoms with Crippen molar-refractivity contribution < 1.29 is 4.79 Å². The van der Waals surface area contributed by atoms with Crippen LogP contribution < -0.4 is 5.32 Å². The summed E-state index contributed by atoms with van der Waals surface area (Å²) in [6.07, 6.45) is 7.28. The van der Waals surface area contributed by atoms with Gasteiger partial charge in [-0.3, -0.25) is 10.4 Å². The van der Waals surface area contributed by atoms with E-state index in [0.717, 1.165) is 37.4 Å². The first-order valence-corrected chi connectivity index (χ1v) is 6.94. The maximum Gasteiger partial charge on any atom is 0.322 e. The Labute approximate surface area is 107 Å². The minimum Gasteiger partial charge on any atom is -0.324 e. The summed E-state index contributed by atoms with van der Waals surface area (Å²) < 4.78 is 0. The molecule has 1 saturated heterocycles. The van der Waals surface area contributed by atoms with Crippen molar-refractivity contribution in [3.8, 4) is 0 Å². The molecule has 0 atom stereocenters. The average Bonchev–Trinajstić information content (AvgIpc) is 3.12. The fraction of sp³-hybridized carbons (Fsp3) is 0.692. The Morgan fingerprint density at radius 3 is 2.72 bits per heavy atom. The number of nitrogens with one attached hydrogen (secondary N) is 2. The van der Waals surface area contributed by atoms with Gasteiger partial charge in [0.15, 0.2) is 0 Å². The van der Waals surface area contributed by atoms with E-state index in [9.17, 15) is 4.79 Å². The highest BCUT2D eigenvalue weighted by molar-refractivity contribution is 5.88. The minimum atomic E-state index is -0.00544. The van der Waals surface area contributed by atoms with Gasteiger partial charge in [0, 0.05) is 25.1 Å². The van der Waals surface area contributed by atoms with Crippen LogP contribution in [-0.4, -0.2) is 34.2 Å².